The van der Waals surface area contributed by atoms with Crippen LogP contribution >= 0.6 is 0 Å². The first-order chi connectivity index (χ1) is 17.4. The molecule has 0 unspecified atom stereocenters. The fourth-order valence-corrected chi connectivity index (χ4v) is 4.27. The minimum absolute atomic E-state index is 0.0805. The minimum Gasteiger partial charge on any atom is -0.465 e. The third-order valence-electron chi connectivity index (χ3n) is 6.07. The molecule has 2 aromatic carbocycles. The molecule has 0 aliphatic carbocycles. The summed E-state index contributed by atoms with van der Waals surface area (Å²) in [7, 11) is 1.27. The number of ketones is 1. The number of hydrogen-bond acceptors (Lipinski definition) is 5. The lowest BCUT2D eigenvalue weighted by atomic mass is 9.98. The summed E-state index contributed by atoms with van der Waals surface area (Å²) < 4.78 is 6.73. The maximum Gasteiger partial charge on any atom is 0.339 e. The maximum atomic E-state index is 12.8. The Morgan fingerprint density at radius 1 is 1.06 bits per heavy atom. The molecule has 1 amide bonds. The summed E-state index contributed by atoms with van der Waals surface area (Å²) in [5.74, 6) is -1.07. The van der Waals surface area contributed by atoms with Crippen molar-refractivity contribution in [3.05, 3.63) is 101 Å². The number of aromatic amines is 1. The molecule has 2 N–H and O–H groups in total. The molecule has 4 aromatic rings. The first-order valence-electron chi connectivity index (χ1n) is 11.6. The molecule has 0 bridgehead atoms. The number of amides is 1. The number of H-pyrrole nitrogens is 1. The van der Waals surface area contributed by atoms with Gasteiger partial charge in [0.15, 0.2) is 5.78 Å². The van der Waals surface area contributed by atoms with Crippen molar-refractivity contribution in [2.45, 2.75) is 33.4 Å². The lowest BCUT2D eigenvalue weighted by molar-refractivity contribution is -0.120. The SMILES string of the molecule is COC(=O)c1c(CC(=O)NCc2ccccc2-c2ccc(Cn3cccn3)cc2)[nH]c(C(C)=O)c1C. The van der Waals surface area contributed by atoms with Crippen LogP contribution in [0.2, 0.25) is 0 Å². The molecule has 0 aliphatic rings. The van der Waals surface area contributed by atoms with E-state index >= 15 is 0 Å². The van der Waals surface area contributed by atoms with Gasteiger partial charge in [-0.15, -0.1) is 0 Å². The van der Waals surface area contributed by atoms with E-state index < -0.39 is 5.97 Å². The lowest BCUT2D eigenvalue weighted by Gasteiger charge is -2.12. The second-order valence-corrected chi connectivity index (χ2v) is 8.54. The summed E-state index contributed by atoms with van der Waals surface area (Å²) >= 11 is 0. The van der Waals surface area contributed by atoms with Gasteiger partial charge < -0.3 is 15.0 Å². The number of carbonyl (C=O) groups is 3. The lowest BCUT2D eigenvalue weighted by Crippen LogP contribution is -2.25. The van der Waals surface area contributed by atoms with Gasteiger partial charge in [-0.3, -0.25) is 14.3 Å². The van der Waals surface area contributed by atoms with Crippen LogP contribution in [0, 0.1) is 6.92 Å². The molecule has 2 aromatic heterocycles. The fraction of sp³-hybridized carbons (Fsp3) is 0.214. The zero-order chi connectivity index (χ0) is 25.7. The van der Waals surface area contributed by atoms with E-state index in [1.54, 1.807) is 13.1 Å². The number of Topliss-reactive ketones (excluding diaryl/α,β-unsaturated/α-hetero) is 1. The number of benzene rings is 2. The van der Waals surface area contributed by atoms with Crippen molar-refractivity contribution in [1.29, 1.82) is 0 Å². The van der Waals surface area contributed by atoms with Gasteiger partial charge in [0.1, 0.15) is 0 Å². The van der Waals surface area contributed by atoms with Crippen LogP contribution in [-0.2, 0) is 29.0 Å². The monoisotopic (exact) mass is 484 g/mol. The van der Waals surface area contributed by atoms with Gasteiger partial charge in [0.2, 0.25) is 5.91 Å². The molecule has 0 fully saturated rings. The quantitative estimate of drug-likeness (QED) is 0.275. The Labute approximate surface area is 209 Å². The number of ether oxygens (including phenoxy) is 1. The van der Waals surface area contributed by atoms with E-state index in [1.165, 1.54) is 14.0 Å². The van der Waals surface area contributed by atoms with Crippen molar-refractivity contribution in [2.75, 3.05) is 7.11 Å². The van der Waals surface area contributed by atoms with Crippen LogP contribution in [0.15, 0.2) is 67.0 Å². The van der Waals surface area contributed by atoms with Crippen molar-refractivity contribution in [1.82, 2.24) is 20.1 Å². The van der Waals surface area contributed by atoms with Crippen molar-refractivity contribution >= 4 is 17.7 Å². The standard InChI is InChI=1S/C28H28N4O4/c1-18-26(28(35)36-3)24(31-27(18)19(2)33)15-25(34)29-16-22-7-4-5-8-23(22)21-11-9-20(10-12-21)17-32-14-6-13-30-32/h4-14,31H,15-17H2,1-3H3,(H,29,34). The number of esters is 1. The van der Waals surface area contributed by atoms with E-state index in [0.717, 1.165) is 22.3 Å². The minimum atomic E-state index is -0.583. The summed E-state index contributed by atoms with van der Waals surface area (Å²) in [6, 6.07) is 18.1. The predicted molar refractivity (Wildman–Crippen MR) is 136 cm³/mol. The van der Waals surface area contributed by atoms with Crippen molar-refractivity contribution in [2.24, 2.45) is 0 Å². The molecule has 8 nitrogen and oxygen atoms in total. The molecule has 184 valence electrons. The molecule has 36 heavy (non-hydrogen) atoms. The smallest absolute Gasteiger partial charge is 0.339 e. The van der Waals surface area contributed by atoms with Gasteiger partial charge in [0, 0.05) is 31.6 Å². The topological polar surface area (TPSA) is 106 Å². The zero-order valence-corrected chi connectivity index (χ0v) is 20.5. The van der Waals surface area contributed by atoms with Crippen LogP contribution < -0.4 is 5.32 Å². The fourth-order valence-electron chi connectivity index (χ4n) is 4.27. The van der Waals surface area contributed by atoms with E-state index in [1.807, 2.05) is 41.2 Å². The van der Waals surface area contributed by atoms with Crippen LogP contribution in [0.3, 0.4) is 0 Å². The first kappa shape index (κ1) is 24.7. The highest BCUT2D eigenvalue weighted by Crippen LogP contribution is 2.25. The molecule has 0 spiro atoms. The van der Waals surface area contributed by atoms with E-state index in [0.29, 0.717) is 30.0 Å². The highest BCUT2D eigenvalue weighted by Gasteiger charge is 2.24. The molecule has 2 heterocycles. The van der Waals surface area contributed by atoms with Crippen LogP contribution in [0.25, 0.3) is 11.1 Å². The normalized spacial score (nSPS) is 10.8. The summed E-state index contributed by atoms with van der Waals surface area (Å²) in [4.78, 5) is 39.9. The molecule has 0 saturated heterocycles. The Hall–Kier alpha value is -4.46. The number of carbonyl (C=O) groups excluding carboxylic acids is 3. The summed E-state index contributed by atoms with van der Waals surface area (Å²) in [6.07, 6.45) is 3.60. The number of rotatable bonds is 9. The van der Waals surface area contributed by atoms with Gasteiger partial charge in [-0.1, -0.05) is 48.5 Å². The van der Waals surface area contributed by atoms with Gasteiger partial charge >= 0.3 is 5.97 Å². The average molecular weight is 485 g/mol. The highest BCUT2D eigenvalue weighted by atomic mass is 16.5. The maximum absolute atomic E-state index is 12.8. The molecule has 0 radical (unpaired) electrons. The van der Waals surface area contributed by atoms with Gasteiger partial charge in [-0.05, 0) is 40.8 Å². The van der Waals surface area contributed by atoms with E-state index in [2.05, 4.69) is 39.7 Å². The molecule has 4 rings (SSSR count). The van der Waals surface area contributed by atoms with E-state index in [-0.39, 0.29) is 23.7 Å². The van der Waals surface area contributed by atoms with Gasteiger partial charge in [-0.2, -0.15) is 5.10 Å². The molecule has 0 saturated carbocycles. The third kappa shape index (κ3) is 5.43. The van der Waals surface area contributed by atoms with Gasteiger partial charge in [0.25, 0.3) is 0 Å². The number of hydrogen-bond donors (Lipinski definition) is 2. The van der Waals surface area contributed by atoms with Gasteiger partial charge in [0.05, 0.1) is 31.3 Å². The molecule has 0 aliphatic heterocycles. The van der Waals surface area contributed by atoms with Crippen LogP contribution in [-0.4, -0.2) is 39.5 Å². The van der Waals surface area contributed by atoms with Crippen LogP contribution in [0.5, 0.6) is 0 Å². The Bertz CT molecular complexity index is 1390. The molecule has 8 heteroatoms. The summed E-state index contributed by atoms with van der Waals surface area (Å²) in [6.45, 7) is 4.08. The highest BCUT2D eigenvalue weighted by molar-refractivity contribution is 6.01. The van der Waals surface area contributed by atoms with E-state index in [9.17, 15) is 14.4 Å². The largest absolute Gasteiger partial charge is 0.465 e. The molecular weight excluding hydrogens is 456 g/mol. The second-order valence-electron chi connectivity index (χ2n) is 8.54. The Balaban J connectivity index is 1.47. The number of aromatic nitrogens is 3. The third-order valence-corrected chi connectivity index (χ3v) is 6.07. The number of methoxy groups -OCH3 is 1. The number of nitrogens with zero attached hydrogens (tertiary/aromatic N) is 2. The Kier molecular flexibility index (Phi) is 7.44. The second kappa shape index (κ2) is 10.9. The average Bonchev–Trinajstić information content (AvgIpc) is 3.50. The Morgan fingerprint density at radius 3 is 2.47 bits per heavy atom. The van der Waals surface area contributed by atoms with Crippen molar-refractivity contribution in [3.8, 4) is 11.1 Å². The van der Waals surface area contributed by atoms with Gasteiger partial charge in [-0.25, -0.2) is 4.79 Å². The number of nitrogens with one attached hydrogen (secondary N) is 2. The van der Waals surface area contributed by atoms with Crippen molar-refractivity contribution in [3.63, 3.8) is 0 Å². The molecular formula is C28H28N4O4. The molecule has 0 atom stereocenters. The summed E-state index contributed by atoms with van der Waals surface area (Å²) in [5.41, 5.74) is 5.55. The zero-order valence-electron chi connectivity index (χ0n) is 20.5. The predicted octanol–water partition coefficient (Wildman–Crippen LogP) is 4.08. The summed E-state index contributed by atoms with van der Waals surface area (Å²) in [5, 5.41) is 7.18. The van der Waals surface area contributed by atoms with Crippen molar-refractivity contribution < 1.29 is 19.1 Å². The van der Waals surface area contributed by atoms with Crippen LogP contribution in [0.4, 0.5) is 0 Å². The van der Waals surface area contributed by atoms with E-state index in [4.69, 9.17) is 4.74 Å². The first-order valence-corrected chi connectivity index (χ1v) is 11.6. The van der Waals surface area contributed by atoms with Crippen LogP contribution in [0.1, 0.15) is 50.2 Å². The Morgan fingerprint density at radius 2 is 1.81 bits per heavy atom.